The molecule has 2 rings (SSSR count). The molecule has 0 N–H and O–H groups in total. The van der Waals surface area contributed by atoms with E-state index in [2.05, 4.69) is 9.97 Å². The van der Waals surface area contributed by atoms with Crippen molar-refractivity contribution in [2.24, 2.45) is 0 Å². The van der Waals surface area contributed by atoms with Gasteiger partial charge >= 0.3 is 5.97 Å². The molecule has 20 heavy (non-hydrogen) atoms. The molecule has 0 saturated heterocycles. The molecule has 0 amide bonds. The monoisotopic (exact) mass is 270 g/mol. The molecule has 0 unspecified atom stereocenters. The Bertz CT molecular complexity index is 595. The summed E-state index contributed by atoms with van der Waals surface area (Å²) in [6, 6.07) is 9.25. The largest absolute Gasteiger partial charge is 0.462 e. The van der Waals surface area contributed by atoms with Gasteiger partial charge in [0.1, 0.15) is 0 Å². The van der Waals surface area contributed by atoms with Crippen LogP contribution in [-0.2, 0) is 4.74 Å². The predicted octanol–water partition coefficient (Wildman–Crippen LogP) is 3.44. The number of carbonyl (C=O) groups excluding carboxylic acids is 1. The van der Waals surface area contributed by atoms with E-state index in [1.165, 1.54) is 0 Å². The topological polar surface area (TPSA) is 52.1 Å². The van der Waals surface area contributed by atoms with E-state index in [1.54, 1.807) is 25.3 Å². The fourth-order valence-electron chi connectivity index (χ4n) is 1.95. The van der Waals surface area contributed by atoms with Crippen molar-refractivity contribution in [2.75, 3.05) is 6.61 Å². The quantitative estimate of drug-likeness (QED) is 0.798. The summed E-state index contributed by atoms with van der Waals surface area (Å²) in [7, 11) is 0. The van der Waals surface area contributed by atoms with Gasteiger partial charge in [-0.15, -0.1) is 0 Å². The van der Waals surface area contributed by atoms with Crippen LogP contribution in [0, 0.1) is 0 Å². The van der Waals surface area contributed by atoms with Gasteiger partial charge in [-0.3, -0.25) is 9.97 Å². The molecule has 0 aromatic carbocycles. The minimum absolute atomic E-state index is 0.137. The second-order valence-electron chi connectivity index (χ2n) is 4.72. The highest BCUT2D eigenvalue weighted by Crippen LogP contribution is 2.23. The van der Waals surface area contributed by atoms with Gasteiger partial charge < -0.3 is 4.74 Å². The highest BCUT2D eigenvalue weighted by atomic mass is 16.5. The van der Waals surface area contributed by atoms with Gasteiger partial charge in [-0.25, -0.2) is 4.79 Å². The second-order valence-corrected chi connectivity index (χ2v) is 4.72. The number of nitrogens with zero attached hydrogens (tertiary/aromatic N) is 2. The van der Waals surface area contributed by atoms with Crippen molar-refractivity contribution in [3.05, 3.63) is 47.8 Å². The van der Waals surface area contributed by atoms with Crippen LogP contribution < -0.4 is 0 Å². The van der Waals surface area contributed by atoms with Gasteiger partial charge in [0.2, 0.25) is 0 Å². The first-order chi connectivity index (χ1) is 9.63. The Balaban J connectivity index is 2.45. The molecule has 0 atom stereocenters. The van der Waals surface area contributed by atoms with E-state index in [0.29, 0.717) is 12.2 Å². The van der Waals surface area contributed by atoms with Gasteiger partial charge in [0, 0.05) is 6.20 Å². The average Bonchev–Trinajstić information content (AvgIpc) is 2.47. The molecule has 0 fully saturated rings. The van der Waals surface area contributed by atoms with E-state index in [1.807, 2.05) is 32.0 Å². The standard InChI is InChI=1S/C16H18N2O2/c1-4-20-16(19)12-8-9-14(18-15(12)11(2)3)13-7-5-6-10-17-13/h5-11H,4H2,1-3H3. The van der Waals surface area contributed by atoms with Crippen molar-refractivity contribution >= 4 is 5.97 Å². The first-order valence-corrected chi connectivity index (χ1v) is 6.73. The third kappa shape index (κ3) is 3.02. The molecule has 2 aromatic heterocycles. The molecule has 2 aromatic rings. The fourth-order valence-corrected chi connectivity index (χ4v) is 1.95. The van der Waals surface area contributed by atoms with Crippen LogP contribution in [0.5, 0.6) is 0 Å². The van der Waals surface area contributed by atoms with E-state index in [-0.39, 0.29) is 11.9 Å². The van der Waals surface area contributed by atoms with Crippen LogP contribution in [0.25, 0.3) is 11.4 Å². The number of carbonyl (C=O) groups is 1. The summed E-state index contributed by atoms with van der Waals surface area (Å²) in [6.45, 7) is 6.17. The van der Waals surface area contributed by atoms with Crippen molar-refractivity contribution in [3.8, 4) is 11.4 Å². The van der Waals surface area contributed by atoms with Gasteiger partial charge in [-0.2, -0.15) is 0 Å². The van der Waals surface area contributed by atoms with E-state index < -0.39 is 0 Å². The van der Waals surface area contributed by atoms with Gasteiger partial charge in [0.25, 0.3) is 0 Å². The number of pyridine rings is 2. The number of ether oxygens (including phenoxy) is 1. The summed E-state index contributed by atoms with van der Waals surface area (Å²) >= 11 is 0. The smallest absolute Gasteiger partial charge is 0.339 e. The maximum Gasteiger partial charge on any atom is 0.339 e. The summed E-state index contributed by atoms with van der Waals surface area (Å²) in [4.78, 5) is 20.8. The first-order valence-electron chi connectivity index (χ1n) is 6.73. The Kier molecular flexibility index (Phi) is 4.45. The van der Waals surface area contributed by atoms with E-state index in [4.69, 9.17) is 4.74 Å². The SMILES string of the molecule is CCOC(=O)c1ccc(-c2ccccn2)nc1C(C)C. The molecule has 0 radical (unpaired) electrons. The van der Waals surface area contributed by atoms with E-state index in [9.17, 15) is 4.79 Å². The molecule has 0 spiro atoms. The van der Waals surface area contributed by atoms with Gasteiger partial charge in [-0.1, -0.05) is 19.9 Å². The zero-order valence-corrected chi connectivity index (χ0v) is 12.0. The number of rotatable bonds is 4. The molecule has 4 heteroatoms. The maximum atomic E-state index is 11.9. The van der Waals surface area contributed by atoms with Crippen LogP contribution in [-0.4, -0.2) is 22.5 Å². The molecule has 4 nitrogen and oxygen atoms in total. The second kappa shape index (κ2) is 6.28. The molecule has 0 bridgehead atoms. The van der Waals surface area contributed by atoms with Gasteiger partial charge in [0.15, 0.2) is 0 Å². The van der Waals surface area contributed by atoms with Crippen LogP contribution in [0.3, 0.4) is 0 Å². The average molecular weight is 270 g/mol. The summed E-state index contributed by atoms with van der Waals surface area (Å²) in [5, 5.41) is 0. The van der Waals surface area contributed by atoms with E-state index in [0.717, 1.165) is 17.1 Å². The van der Waals surface area contributed by atoms with Crippen LogP contribution in [0.1, 0.15) is 42.7 Å². The number of hydrogen-bond donors (Lipinski definition) is 0. The lowest BCUT2D eigenvalue weighted by Gasteiger charge is -2.12. The third-order valence-corrected chi connectivity index (χ3v) is 2.89. The lowest BCUT2D eigenvalue weighted by Crippen LogP contribution is -2.11. The highest BCUT2D eigenvalue weighted by Gasteiger charge is 2.17. The molecule has 2 heterocycles. The van der Waals surface area contributed by atoms with Crippen molar-refractivity contribution in [2.45, 2.75) is 26.7 Å². The summed E-state index contributed by atoms with van der Waals surface area (Å²) < 4.78 is 5.07. The summed E-state index contributed by atoms with van der Waals surface area (Å²) in [5.74, 6) is -0.186. The molecule has 0 saturated carbocycles. The Morgan fingerprint density at radius 3 is 2.60 bits per heavy atom. The lowest BCUT2D eigenvalue weighted by atomic mass is 10.0. The zero-order chi connectivity index (χ0) is 14.5. The van der Waals surface area contributed by atoms with Crippen LogP contribution in [0.4, 0.5) is 0 Å². The van der Waals surface area contributed by atoms with Crippen LogP contribution in [0.15, 0.2) is 36.5 Å². The lowest BCUT2D eigenvalue weighted by molar-refractivity contribution is 0.0524. The van der Waals surface area contributed by atoms with Gasteiger partial charge in [0.05, 0.1) is 29.3 Å². The predicted molar refractivity (Wildman–Crippen MR) is 77.5 cm³/mol. The Labute approximate surface area is 118 Å². The molecular weight excluding hydrogens is 252 g/mol. The molecule has 0 aliphatic carbocycles. The number of hydrogen-bond acceptors (Lipinski definition) is 4. The number of esters is 1. The van der Waals surface area contributed by atoms with Gasteiger partial charge in [-0.05, 0) is 37.1 Å². The van der Waals surface area contributed by atoms with Crippen molar-refractivity contribution < 1.29 is 9.53 Å². The number of aromatic nitrogens is 2. The first kappa shape index (κ1) is 14.2. The zero-order valence-electron chi connectivity index (χ0n) is 12.0. The Morgan fingerprint density at radius 2 is 2.00 bits per heavy atom. The molecule has 0 aliphatic heterocycles. The maximum absolute atomic E-state index is 11.9. The normalized spacial score (nSPS) is 10.6. The van der Waals surface area contributed by atoms with Crippen molar-refractivity contribution in [1.82, 2.24) is 9.97 Å². The minimum atomic E-state index is -0.323. The summed E-state index contributed by atoms with van der Waals surface area (Å²) in [5.41, 5.74) is 2.83. The van der Waals surface area contributed by atoms with Crippen LogP contribution in [0.2, 0.25) is 0 Å². The molecule has 0 aliphatic rings. The Morgan fingerprint density at radius 1 is 1.20 bits per heavy atom. The fraction of sp³-hybridized carbons (Fsp3) is 0.312. The third-order valence-electron chi connectivity index (χ3n) is 2.89. The molecular formula is C16H18N2O2. The molecule has 104 valence electrons. The summed E-state index contributed by atoms with van der Waals surface area (Å²) in [6.07, 6.45) is 1.73. The van der Waals surface area contributed by atoms with Crippen molar-refractivity contribution in [1.29, 1.82) is 0 Å². The van der Waals surface area contributed by atoms with Crippen molar-refractivity contribution in [3.63, 3.8) is 0 Å². The minimum Gasteiger partial charge on any atom is -0.462 e. The van der Waals surface area contributed by atoms with Crippen LogP contribution >= 0.6 is 0 Å². The Hall–Kier alpha value is -2.23. The highest BCUT2D eigenvalue weighted by molar-refractivity contribution is 5.91. The van der Waals surface area contributed by atoms with E-state index >= 15 is 0 Å².